The number of hydrogen-bond acceptors (Lipinski definition) is 3. The minimum atomic E-state index is -4.57. The van der Waals surface area contributed by atoms with E-state index in [0.717, 1.165) is 12.1 Å². The van der Waals surface area contributed by atoms with Crippen LogP contribution >= 0.6 is 11.6 Å². The highest BCUT2D eigenvalue weighted by atomic mass is 35.5. The Kier molecular flexibility index (Phi) is 5.67. The van der Waals surface area contributed by atoms with Crippen molar-refractivity contribution in [2.75, 3.05) is 17.0 Å². The summed E-state index contributed by atoms with van der Waals surface area (Å²) in [6, 6.07) is 2.46. The van der Waals surface area contributed by atoms with E-state index in [-0.39, 0.29) is 16.5 Å². The molecule has 0 saturated carbocycles. The second-order valence-corrected chi connectivity index (χ2v) is 6.36. The van der Waals surface area contributed by atoms with Crippen LogP contribution < -0.4 is 10.5 Å². The fraction of sp³-hybridized carbons (Fsp3) is 0.455. The minimum absolute atomic E-state index is 0.0969. The summed E-state index contributed by atoms with van der Waals surface area (Å²) >= 11 is 5.70. The number of anilines is 1. The molecule has 0 unspecified atom stereocenters. The number of hydrogen-bond donors (Lipinski definition) is 2. The second kappa shape index (κ2) is 6.64. The van der Waals surface area contributed by atoms with Crippen LogP contribution in [0.25, 0.3) is 0 Å². The first-order valence-electron chi connectivity index (χ1n) is 5.73. The monoisotopic (exact) mass is 330 g/mol. The van der Waals surface area contributed by atoms with Gasteiger partial charge in [-0.1, -0.05) is 11.6 Å². The third-order valence-electron chi connectivity index (χ3n) is 2.43. The Hall–Kier alpha value is -0.990. The second-order valence-electron chi connectivity index (χ2n) is 4.11. The predicted molar refractivity (Wildman–Crippen MR) is 72.2 cm³/mol. The van der Waals surface area contributed by atoms with Gasteiger partial charge in [-0.05, 0) is 37.6 Å². The zero-order valence-corrected chi connectivity index (χ0v) is 11.9. The van der Waals surface area contributed by atoms with Crippen molar-refractivity contribution < 1.29 is 21.6 Å². The van der Waals surface area contributed by atoms with Gasteiger partial charge in [-0.2, -0.15) is 13.2 Å². The molecule has 20 heavy (non-hydrogen) atoms. The van der Waals surface area contributed by atoms with Crippen molar-refractivity contribution in [1.82, 2.24) is 0 Å². The summed E-state index contributed by atoms with van der Waals surface area (Å²) in [5.41, 5.74) is 3.99. The van der Waals surface area contributed by atoms with Gasteiger partial charge in [0.15, 0.2) is 0 Å². The molecule has 0 amide bonds. The number of rotatable bonds is 6. The van der Waals surface area contributed by atoms with Crippen LogP contribution in [0.5, 0.6) is 0 Å². The van der Waals surface area contributed by atoms with E-state index >= 15 is 0 Å². The molecule has 1 rings (SSSR count). The van der Waals surface area contributed by atoms with E-state index in [4.69, 9.17) is 17.3 Å². The third-order valence-corrected chi connectivity index (χ3v) is 4.11. The molecular weight excluding hydrogens is 317 g/mol. The van der Waals surface area contributed by atoms with Crippen molar-refractivity contribution in [3.8, 4) is 0 Å². The first-order valence-corrected chi connectivity index (χ1v) is 7.76. The van der Waals surface area contributed by atoms with Crippen LogP contribution in [0.2, 0.25) is 5.02 Å². The number of nitrogens with two attached hydrogens (primary N) is 1. The number of nitrogens with one attached hydrogen (secondary N) is 1. The van der Waals surface area contributed by atoms with Crippen LogP contribution in [0.4, 0.5) is 18.9 Å². The lowest BCUT2D eigenvalue weighted by molar-refractivity contribution is -0.137. The van der Waals surface area contributed by atoms with Crippen molar-refractivity contribution in [2.45, 2.75) is 19.0 Å². The third kappa shape index (κ3) is 5.18. The van der Waals surface area contributed by atoms with Gasteiger partial charge in [0.1, 0.15) is 0 Å². The normalized spacial score (nSPS) is 12.4. The Bertz CT molecular complexity index is 561. The summed E-state index contributed by atoms with van der Waals surface area (Å²) in [7, 11) is -3.75. The highest BCUT2D eigenvalue weighted by Gasteiger charge is 2.31. The first-order chi connectivity index (χ1) is 9.15. The SMILES string of the molecule is NCCCCS(=O)(=O)Nc1cc(C(F)(F)F)ccc1Cl. The number of halogens is 4. The summed E-state index contributed by atoms with van der Waals surface area (Å²) in [6.45, 7) is 0.347. The lowest BCUT2D eigenvalue weighted by atomic mass is 10.2. The van der Waals surface area contributed by atoms with E-state index < -0.39 is 21.8 Å². The van der Waals surface area contributed by atoms with Crippen molar-refractivity contribution >= 4 is 27.3 Å². The Labute approximate surface area is 120 Å². The molecule has 0 aliphatic rings. The van der Waals surface area contributed by atoms with Gasteiger partial charge in [0, 0.05) is 0 Å². The maximum atomic E-state index is 12.5. The average Bonchev–Trinajstić information content (AvgIpc) is 2.30. The van der Waals surface area contributed by atoms with E-state index in [1.54, 1.807) is 0 Å². The molecule has 0 aliphatic heterocycles. The number of unbranched alkanes of at least 4 members (excludes halogenated alkanes) is 1. The standard InChI is InChI=1S/C11H14ClF3N2O2S/c12-9-4-3-8(11(13,14)15)7-10(9)17-20(18,19)6-2-1-5-16/h3-4,7,17H,1-2,5-6,16H2. The Morgan fingerprint density at radius 2 is 1.90 bits per heavy atom. The molecule has 0 radical (unpaired) electrons. The number of sulfonamides is 1. The molecule has 114 valence electrons. The summed E-state index contributed by atoms with van der Waals surface area (Å²) < 4.78 is 63.1. The van der Waals surface area contributed by atoms with Crippen LogP contribution in [-0.4, -0.2) is 20.7 Å². The van der Waals surface area contributed by atoms with E-state index in [9.17, 15) is 21.6 Å². The summed E-state index contributed by atoms with van der Waals surface area (Å²) in [5.74, 6) is -0.225. The quantitative estimate of drug-likeness (QED) is 0.788. The van der Waals surface area contributed by atoms with Crippen LogP contribution in [-0.2, 0) is 16.2 Å². The highest BCUT2D eigenvalue weighted by Crippen LogP contribution is 2.34. The van der Waals surface area contributed by atoms with Crippen molar-refractivity contribution in [2.24, 2.45) is 5.73 Å². The van der Waals surface area contributed by atoms with E-state index in [2.05, 4.69) is 4.72 Å². The molecule has 9 heteroatoms. The topological polar surface area (TPSA) is 72.2 Å². The minimum Gasteiger partial charge on any atom is -0.330 e. The van der Waals surface area contributed by atoms with Crippen LogP contribution in [0.15, 0.2) is 18.2 Å². The molecule has 4 nitrogen and oxygen atoms in total. The van der Waals surface area contributed by atoms with Gasteiger partial charge in [0.2, 0.25) is 10.0 Å². The van der Waals surface area contributed by atoms with Crippen molar-refractivity contribution in [1.29, 1.82) is 0 Å². The zero-order valence-electron chi connectivity index (χ0n) is 10.4. The van der Waals surface area contributed by atoms with Crippen molar-refractivity contribution in [3.63, 3.8) is 0 Å². The molecule has 0 fully saturated rings. The maximum Gasteiger partial charge on any atom is 0.416 e. The Morgan fingerprint density at radius 3 is 2.45 bits per heavy atom. The van der Waals surface area contributed by atoms with E-state index in [1.807, 2.05) is 0 Å². The molecule has 0 aromatic heterocycles. The lowest BCUT2D eigenvalue weighted by Gasteiger charge is -2.12. The van der Waals surface area contributed by atoms with Crippen LogP contribution in [0.1, 0.15) is 18.4 Å². The van der Waals surface area contributed by atoms with Gasteiger partial charge in [-0.3, -0.25) is 4.72 Å². The average molecular weight is 331 g/mol. The van der Waals surface area contributed by atoms with Gasteiger partial charge < -0.3 is 5.73 Å². The molecular formula is C11H14ClF3N2O2S. The van der Waals surface area contributed by atoms with Gasteiger partial charge >= 0.3 is 6.18 Å². The predicted octanol–water partition coefficient (Wildman–Crippen LogP) is 2.84. The molecule has 0 aliphatic carbocycles. The number of alkyl halides is 3. The largest absolute Gasteiger partial charge is 0.416 e. The molecule has 1 aromatic carbocycles. The number of benzene rings is 1. The van der Waals surface area contributed by atoms with E-state index in [1.165, 1.54) is 0 Å². The molecule has 3 N–H and O–H groups in total. The highest BCUT2D eigenvalue weighted by molar-refractivity contribution is 7.92. The Balaban J connectivity index is 2.91. The fourth-order valence-electron chi connectivity index (χ4n) is 1.43. The molecule has 0 spiro atoms. The molecule has 0 bridgehead atoms. The molecule has 0 heterocycles. The van der Waals surface area contributed by atoms with Gasteiger partial charge in [0.05, 0.1) is 22.0 Å². The Morgan fingerprint density at radius 1 is 1.25 bits per heavy atom. The van der Waals surface area contributed by atoms with Gasteiger partial charge in [0.25, 0.3) is 0 Å². The van der Waals surface area contributed by atoms with Crippen LogP contribution in [0.3, 0.4) is 0 Å². The maximum absolute atomic E-state index is 12.5. The van der Waals surface area contributed by atoms with Gasteiger partial charge in [-0.25, -0.2) is 8.42 Å². The lowest BCUT2D eigenvalue weighted by Crippen LogP contribution is -2.18. The fourth-order valence-corrected chi connectivity index (χ4v) is 2.85. The van der Waals surface area contributed by atoms with Gasteiger partial charge in [-0.15, -0.1) is 0 Å². The molecule has 0 saturated heterocycles. The molecule has 0 atom stereocenters. The zero-order chi connectivity index (χ0) is 15.4. The summed E-state index contributed by atoms with van der Waals surface area (Å²) in [4.78, 5) is 0. The smallest absolute Gasteiger partial charge is 0.330 e. The summed E-state index contributed by atoms with van der Waals surface area (Å²) in [5, 5.41) is -0.0969. The first kappa shape index (κ1) is 17.1. The van der Waals surface area contributed by atoms with Crippen LogP contribution in [0, 0.1) is 0 Å². The van der Waals surface area contributed by atoms with E-state index in [0.29, 0.717) is 25.5 Å². The van der Waals surface area contributed by atoms with Crippen molar-refractivity contribution in [3.05, 3.63) is 28.8 Å². The summed E-state index contributed by atoms with van der Waals surface area (Å²) in [6.07, 6.45) is -3.73. The molecule has 1 aromatic rings.